The summed E-state index contributed by atoms with van der Waals surface area (Å²) in [6, 6.07) is 0. The van der Waals surface area contributed by atoms with E-state index in [2.05, 4.69) is 69.4 Å². The van der Waals surface area contributed by atoms with Gasteiger partial charge in [0.1, 0.15) is 11.4 Å². The quantitative estimate of drug-likeness (QED) is 0.138. The molecule has 5 aliphatic carbocycles. The smallest absolute Gasteiger partial charge is 0.407 e. The monoisotopic (exact) mass is 683 g/mol. The van der Waals surface area contributed by atoms with Crippen molar-refractivity contribution in [3.8, 4) is 0 Å². The Bertz CT molecular complexity index is 1270. The van der Waals surface area contributed by atoms with Gasteiger partial charge < -0.3 is 26.0 Å². The number of fused-ring (bicyclic) bond motifs is 7. The molecule has 2 amide bonds. The number of alkyl carbamates (subject to hydrolysis) is 1. The van der Waals surface area contributed by atoms with Crippen LogP contribution in [0.4, 0.5) is 4.79 Å². The second-order valence-corrected chi connectivity index (χ2v) is 19.2. The van der Waals surface area contributed by atoms with Crippen LogP contribution >= 0.6 is 0 Å². The Morgan fingerprint density at radius 1 is 0.776 bits per heavy atom. The molecule has 0 spiro atoms. The first-order valence-electron chi connectivity index (χ1n) is 19.7. The summed E-state index contributed by atoms with van der Waals surface area (Å²) < 4.78 is 5.26. The van der Waals surface area contributed by atoms with Crippen LogP contribution in [-0.2, 0) is 14.3 Å². The molecule has 5 aliphatic rings. The summed E-state index contributed by atoms with van der Waals surface area (Å²) in [6.07, 6.45) is 10.3. The summed E-state index contributed by atoms with van der Waals surface area (Å²) in [5, 5.41) is 13.0. The molecule has 0 unspecified atom stereocenters. The second-order valence-electron chi connectivity index (χ2n) is 19.2. The fourth-order valence-electron chi connectivity index (χ4n) is 12.8. The number of rotatable bonds is 11. The van der Waals surface area contributed by atoms with Crippen molar-refractivity contribution in [3.63, 3.8) is 0 Å². The van der Waals surface area contributed by atoms with Crippen LogP contribution in [0, 0.1) is 56.7 Å². The van der Waals surface area contributed by atoms with Gasteiger partial charge in [0.05, 0.1) is 5.41 Å². The van der Waals surface area contributed by atoms with Crippen molar-refractivity contribution < 1.29 is 19.1 Å². The molecule has 9 atom stereocenters. The average molecular weight is 683 g/mol. The molecule has 0 radical (unpaired) electrons. The Morgan fingerprint density at radius 3 is 2.04 bits per heavy atom. The fourth-order valence-corrected chi connectivity index (χ4v) is 12.8. The average Bonchev–Trinajstić information content (AvgIpc) is 3.41. The molecule has 0 aromatic heterocycles. The van der Waals surface area contributed by atoms with Gasteiger partial charge in [0.2, 0.25) is 5.91 Å². The molecule has 0 aliphatic heterocycles. The van der Waals surface area contributed by atoms with E-state index in [9.17, 15) is 14.4 Å². The lowest BCUT2D eigenvalue weighted by Crippen LogP contribution is -2.67. The van der Waals surface area contributed by atoms with Gasteiger partial charge in [-0.25, -0.2) is 4.79 Å². The van der Waals surface area contributed by atoms with Gasteiger partial charge in [0.15, 0.2) is 0 Å². The molecule has 0 heterocycles. The van der Waals surface area contributed by atoms with Crippen LogP contribution < -0.4 is 21.3 Å². The summed E-state index contributed by atoms with van der Waals surface area (Å²) >= 11 is 0. The number of hydrogen-bond donors (Lipinski definition) is 4. The third-order valence-electron chi connectivity index (χ3n) is 15.3. The van der Waals surface area contributed by atoms with Gasteiger partial charge in [-0.15, -0.1) is 0 Å². The number of Topliss-reactive ketones (excluding diaryl/α,β-unsaturated/α-hetero) is 1. The molecule has 0 aromatic rings. The van der Waals surface area contributed by atoms with Crippen molar-refractivity contribution in [2.75, 3.05) is 39.3 Å². The van der Waals surface area contributed by atoms with E-state index < -0.39 is 11.7 Å². The number of hydrogen-bond acceptors (Lipinski definition) is 6. The third-order valence-corrected chi connectivity index (χ3v) is 15.3. The molecular formula is C41H70N4O4. The molecule has 49 heavy (non-hydrogen) atoms. The first-order valence-corrected chi connectivity index (χ1v) is 19.7. The predicted molar refractivity (Wildman–Crippen MR) is 197 cm³/mol. The van der Waals surface area contributed by atoms with E-state index in [0.717, 1.165) is 64.6 Å². The highest BCUT2D eigenvalue weighted by atomic mass is 16.6. The van der Waals surface area contributed by atoms with Crippen molar-refractivity contribution in [1.29, 1.82) is 0 Å². The van der Waals surface area contributed by atoms with Crippen LogP contribution in [0.2, 0.25) is 0 Å². The van der Waals surface area contributed by atoms with E-state index in [0.29, 0.717) is 55.0 Å². The number of carbonyl (C=O) groups excluding carboxylic acids is 3. The molecule has 5 fully saturated rings. The largest absolute Gasteiger partial charge is 0.444 e. The van der Waals surface area contributed by atoms with Crippen LogP contribution in [0.3, 0.4) is 0 Å². The summed E-state index contributed by atoms with van der Waals surface area (Å²) in [5.74, 6) is 3.11. The number of allylic oxidation sites excluding steroid dienone is 1. The minimum absolute atomic E-state index is 0.180. The second kappa shape index (κ2) is 13.9. The summed E-state index contributed by atoms with van der Waals surface area (Å²) in [6.45, 7) is 28.7. The molecule has 8 heteroatoms. The highest BCUT2D eigenvalue weighted by Gasteiger charge is 2.71. The van der Waals surface area contributed by atoms with Crippen molar-refractivity contribution in [1.82, 2.24) is 21.3 Å². The van der Waals surface area contributed by atoms with Gasteiger partial charge >= 0.3 is 6.09 Å². The Labute approximate surface area is 297 Å². The Balaban J connectivity index is 1.18. The summed E-state index contributed by atoms with van der Waals surface area (Å²) in [7, 11) is 0. The molecule has 5 saturated carbocycles. The van der Waals surface area contributed by atoms with E-state index >= 15 is 0 Å². The predicted octanol–water partition coefficient (Wildman–Crippen LogP) is 7.03. The van der Waals surface area contributed by atoms with Crippen LogP contribution in [0.15, 0.2) is 12.2 Å². The number of carbonyl (C=O) groups is 3. The Morgan fingerprint density at radius 2 is 1.41 bits per heavy atom. The lowest BCUT2D eigenvalue weighted by molar-refractivity contribution is -0.233. The number of nitrogens with one attached hydrogen (secondary N) is 4. The Kier molecular flexibility index (Phi) is 10.9. The van der Waals surface area contributed by atoms with Gasteiger partial charge in [0, 0.05) is 51.1 Å². The van der Waals surface area contributed by atoms with E-state index in [1.807, 2.05) is 20.8 Å². The zero-order valence-corrected chi connectivity index (χ0v) is 32.5. The summed E-state index contributed by atoms with van der Waals surface area (Å²) in [5.41, 5.74) is 0.827. The number of ketones is 1. The van der Waals surface area contributed by atoms with Crippen molar-refractivity contribution >= 4 is 17.8 Å². The van der Waals surface area contributed by atoms with Gasteiger partial charge in [-0.2, -0.15) is 0 Å². The Hall–Kier alpha value is -1.93. The van der Waals surface area contributed by atoms with Crippen molar-refractivity contribution in [2.24, 2.45) is 56.7 Å². The van der Waals surface area contributed by atoms with Crippen LogP contribution in [0.1, 0.15) is 127 Å². The molecule has 0 aromatic carbocycles. The number of ether oxygens (including phenoxy) is 1. The van der Waals surface area contributed by atoms with Crippen LogP contribution in [-0.4, -0.2) is 62.7 Å². The van der Waals surface area contributed by atoms with E-state index in [1.165, 1.54) is 24.8 Å². The van der Waals surface area contributed by atoms with E-state index in [4.69, 9.17) is 4.74 Å². The lowest BCUT2D eigenvalue weighted by Gasteiger charge is -2.72. The molecule has 5 rings (SSSR count). The van der Waals surface area contributed by atoms with Gasteiger partial charge in [0.25, 0.3) is 0 Å². The highest BCUT2D eigenvalue weighted by molar-refractivity contribution is 5.85. The molecule has 8 nitrogen and oxygen atoms in total. The zero-order valence-electron chi connectivity index (χ0n) is 32.5. The zero-order chi connectivity index (χ0) is 36.0. The van der Waals surface area contributed by atoms with Gasteiger partial charge in [-0.3, -0.25) is 9.59 Å². The first-order chi connectivity index (χ1) is 22.8. The normalized spacial score (nSPS) is 39.5. The molecule has 4 N–H and O–H groups in total. The maximum Gasteiger partial charge on any atom is 0.407 e. The van der Waals surface area contributed by atoms with Crippen molar-refractivity contribution in [2.45, 2.75) is 132 Å². The fraction of sp³-hybridized carbons (Fsp3) is 0.878. The number of amides is 2. The first kappa shape index (κ1) is 38.3. The van der Waals surface area contributed by atoms with Crippen LogP contribution in [0.25, 0.3) is 0 Å². The minimum Gasteiger partial charge on any atom is -0.444 e. The third kappa shape index (κ3) is 6.76. The highest BCUT2D eigenvalue weighted by Crippen LogP contribution is 2.77. The maximum atomic E-state index is 14.3. The van der Waals surface area contributed by atoms with E-state index in [-0.39, 0.29) is 33.0 Å². The molecular weight excluding hydrogens is 612 g/mol. The van der Waals surface area contributed by atoms with Crippen molar-refractivity contribution in [3.05, 3.63) is 12.2 Å². The minimum atomic E-state index is -0.494. The summed E-state index contributed by atoms with van der Waals surface area (Å²) in [4.78, 5) is 39.2. The van der Waals surface area contributed by atoms with Gasteiger partial charge in [-0.05, 0) is 131 Å². The molecule has 0 bridgehead atoms. The molecule has 278 valence electrons. The molecule has 0 saturated heterocycles. The van der Waals surface area contributed by atoms with E-state index in [1.54, 1.807) is 0 Å². The standard InChI is InChI=1S/C41H70N4O4/c1-27(2)28-13-18-41(34(47)44-25-23-42-21-22-43-24-26-45-35(48)49-36(3,4)5)20-19-39(9)29(33(28)41)11-12-31-38(8)16-15-32(46)37(6,7)30(38)14-17-40(31,39)10/h28-31,33,42-43H,1,11-26H2,2-10H3,(H,44,47)(H,45,48)/t28-,29+,30-,31+,33+,38-,39+,40+,41-/m0/s1. The lowest BCUT2D eigenvalue weighted by atomic mass is 9.32. The van der Waals surface area contributed by atoms with Crippen LogP contribution in [0.5, 0.6) is 0 Å². The topological polar surface area (TPSA) is 109 Å². The maximum absolute atomic E-state index is 14.3. The van der Waals surface area contributed by atoms with Gasteiger partial charge in [-0.1, -0.05) is 46.8 Å². The SMILES string of the molecule is C=C(C)[C@@H]1CC[C@]2(C(=O)NCCNCCNCCNC(=O)OC(C)(C)C)CC[C@]3(C)[C@H](CC[C@@H]4[C@@]5(C)CCC(=O)C(C)(C)[C@@H]5CC[C@]43C)[C@@H]12.